The van der Waals surface area contributed by atoms with Gasteiger partial charge in [-0.05, 0) is 18.2 Å². The minimum absolute atomic E-state index is 0.00240. The number of carbonyl (C=O) groups excluding carboxylic acids is 1. The van der Waals surface area contributed by atoms with Crippen LogP contribution in [0.15, 0.2) is 23.1 Å². The average molecular weight is 390 g/mol. The second-order valence-corrected chi connectivity index (χ2v) is 8.22. The number of morpholine rings is 1. The highest BCUT2D eigenvalue weighted by Crippen LogP contribution is 2.30. The lowest BCUT2D eigenvalue weighted by Crippen LogP contribution is -2.40. The fourth-order valence-corrected chi connectivity index (χ4v) is 4.43. The van der Waals surface area contributed by atoms with Crippen molar-refractivity contribution in [2.45, 2.75) is 4.90 Å². The minimum Gasteiger partial charge on any atom is -0.495 e. The molecule has 1 aliphatic heterocycles. The molecule has 2 rings (SSSR count). The van der Waals surface area contributed by atoms with Gasteiger partial charge in [-0.3, -0.25) is 4.79 Å². The van der Waals surface area contributed by atoms with E-state index in [1.165, 1.54) is 35.3 Å². The van der Waals surface area contributed by atoms with Crippen molar-refractivity contribution in [2.75, 3.05) is 56.8 Å². The highest BCUT2D eigenvalue weighted by molar-refractivity contribution is 7.99. The van der Waals surface area contributed by atoms with E-state index >= 15 is 0 Å². The number of aliphatic hydroxyl groups excluding tert-OH is 1. The summed E-state index contributed by atoms with van der Waals surface area (Å²) in [5.41, 5.74) is 0.377. The maximum Gasteiger partial charge on any atom is 0.246 e. The first-order valence-electron chi connectivity index (χ1n) is 7.73. The van der Waals surface area contributed by atoms with Crippen LogP contribution in [0.5, 0.6) is 5.75 Å². The Bertz CT molecular complexity index is 689. The second kappa shape index (κ2) is 9.39. The number of carbonyl (C=O) groups is 1. The normalized spacial score (nSPS) is 15.8. The molecule has 0 spiro atoms. The maximum atomic E-state index is 12.9. The van der Waals surface area contributed by atoms with Gasteiger partial charge in [0.2, 0.25) is 15.9 Å². The van der Waals surface area contributed by atoms with Crippen molar-refractivity contribution in [3.8, 4) is 5.75 Å². The van der Waals surface area contributed by atoms with E-state index in [4.69, 9.17) is 14.6 Å². The van der Waals surface area contributed by atoms with E-state index in [1.807, 2.05) is 0 Å². The Kier molecular flexibility index (Phi) is 7.51. The summed E-state index contributed by atoms with van der Waals surface area (Å²) in [5, 5.41) is 11.4. The first kappa shape index (κ1) is 20.0. The van der Waals surface area contributed by atoms with Crippen LogP contribution in [0.1, 0.15) is 0 Å². The van der Waals surface area contributed by atoms with Gasteiger partial charge in [-0.25, -0.2) is 8.42 Å². The van der Waals surface area contributed by atoms with Crippen LogP contribution in [0.2, 0.25) is 0 Å². The number of nitrogens with zero attached hydrogens (tertiary/aromatic N) is 1. The van der Waals surface area contributed by atoms with E-state index in [0.717, 1.165) is 0 Å². The maximum absolute atomic E-state index is 12.9. The lowest BCUT2D eigenvalue weighted by Gasteiger charge is -2.26. The molecule has 0 aromatic heterocycles. The molecule has 1 aliphatic rings. The Morgan fingerprint density at radius 3 is 2.76 bits per heavy atom. The molecule has 2 N–H and O–H groups in total. The van der Waals surface area contributed by atoms with Crippen LogP contribution in [0.25, 0.3) is 0 Å². The molecule has 1 aromatic carbocycles. The van der Waals surface area contributed by atoms with Crippen molar-refractivity contribution in [3.63, 3.8) is 0 Å². The molecule has 1 amide bonds. The number of hydrogen-bond acceptors (Lipinski definition) is 7. The predicted molar refractivity (Wildman–Crippen MR) is 95.6 cm³/mol. The molecule has 0 atom stereocenters. The summed E-state index contributed by atoms with van der Waals surface area (Å²) in [7, 11) is -2.34. The predicted octanol–water partition coefficient (Wildman–Crippen LogP) is 0.380. The summed E-state index contributed by atoms with van der Waals surface area (Å²) in [5.74, 6) is 0.600. The van der Waals surface area contributed by atoms with Gasteiger partial charge in [-0.1, -0.05) is 0 Å². The molecule has 25 heavy (non-hydrogen) atoms. The topological polar surface area (TPSA) is 105 Å². The molecule has 10 heteroatoms. The van der Waals surface area contributed by atoms with E-state index < -0.39 is 10.0 Å². The minimum atomic E-state index is -3.75. The van der Waals surface area contributed by atoms with E-state index in [2.05, 4.69) is 5.32 Å². The highest BCUT2D eigenvalue weighted by atomic mass is 32.2. The number of thioether (sulfide) groups is 1. The van der Waals surface area contributed by atoms with Crippen molar-refractivity contribution in [2.24, 2.45) is 0 Å². The number of sulfonamides is 1. The molecule has 8 nitrogen and oxygen atoms in total. The standard InChI is InChI=1S/C15H22N2O6S2/c1-22-13-3-2-12(16-15(19)11-24-9-6-18)10-14(13)25(20,21)17-4-7-23-8-5-17/h2-3,10,18H,4-9,11H2,1H3,(H,16,19). The summed E-state index contributed by atoms with van der Waals surface area (Å²) in [6.45, 7) is 1.25. The number of anilines is 1. The van der Waals surface area contributed by atoms with Gasteiger partial charge in [0.15, 0.2) is 0 Å². The Morgan fingerprint density at radius 2 is 2.12 bits per heavy atom. The molecule has 1 heterocycles. The van der Waals surface area contributed by atoms with Gasteiger partial charge in [0.1, 0.15) is 10.6 Å². The third-order valence-corrected chi connectivity index (χ3v) is 6.36. The number of hydrogen-bond donors (Lipinski definition) is 2. The number of benzene rings is 1. The lowest BCUT2D eigenvalue weighted by molar-refractivity contribution is -0.113. The van der Waals surface area contributed by atoms with Gasteiger partial charge in [0.25, 0.3) is 0 Å². The van der Waals surface area contributed by atoms with Crippen LogP contribution in [-0.2, 0) is 19.6 Å². The largest absolute Gasteiger partial charge is 0.495 e. The summed E-state index contributed by atoms with van der Waals surface area (Å²) in [4.78, 5) is 11.9. The van der Waals surface area contributed by atoms with E-state index in [1.54, 1.807) is 6.07 Å². The quantitative estimate of drug-likeness (QED) is 0.618. The Morgan fingerprint density at radius 1 is 1.40 bits per heavy atom. The molecular formula is C15H22N2O6S2. The van der Waals surface area contributed by atoms with E-state index in [-0.39, 0.29) is 42.0 Å². The van der Waals surface area contributed by atoms with Gasteiger partial charge in [0.05, 0.1) is 32.7 Å². The van der Waals surface area contributed by atoms with Crippen molar-refractivity contribution in [1.82, 2.24) is 4.31 Å². The number of rotatable bonds is 8. The molecule has 1 fully saturated rings. The summed E-state index contributed by atoms with van der Waals surface area (Å²) >= 11 is 1.29. The molecule has 0 saturated carbocycles. The number of amides is 1. The zero-order valence-electron chi connectivity index (χ0n) is 13.9. The first-order valence-corrected chi connectivity index (χ1v) is 10.3. The Hall–Kier alpha value is -1.33. The molecule has 140 valence electrons. The van der Waals surface area contributed by atoms with Crippen molar-refractivity contribution in [1.29, 1.82) is 0 Å². The molecule has 0 radical (unpaired) electrons. The molecule has 0 unspecified atom stereocenters. The Balaban J connectivity index is 2.20. The highest BCUT2D eigenvalue weighted by Gasteiger charge is 2.29. The van der Waals surface area contributed by atoms with Crippen molar-refractivity contribution in [3.05, 3.63) is 18.2 Å². The number of aliphatic hydroxyl groups is 1. The van der Waals surface area contributed by atoms with Gasteiger partial charge < -0.3 is 19.9 Å². The van der Waals surface area contributed by atoms with Crippen LogP contribution in [-0.4, -0.2) is 75.3 Å². The zero-order valence-corrected chi connectivity index (χ0v) is 15.6. The van der Waals surface area contributed by atoms with E-state index in [9.17, 15) is 13.2 Å². The van der Waals surface area contributed by atoms with E-state index in [0.29, 0.717) is 24.7 Å². The third-order valence-electron chi connectivity index (χ3n) is 3.50. The fraction of sp³-hybridized carbons (Fsp3) is 0.533. The first-order chi connectivity index (χ1) is 12.0. The fourth-order valence-electron chi connectivity index (χ4n) is 2.31. The van der Waals surface area contributed by atoms with Gasteiger partial charge in [-0.2, -0.15) is 4.31 Å². The Labute approximate surface area is 151 Å². The van der Waals surface area contributed by atoms with Crippen LogP contribution in [0.4, 0.5) is 5.69 Å². The van der Waals surface area contributed by atoms with Gasteiger partial charge >= 0.3 is 0 Å². The van der Waals surface area contributed by atoms with Crippen molar-refractivity contribution < 1.29 is 27.8 Å². The number of ether oxygens (including phenoxy) is 2. The second-order valence-electron chi connectivity index (χ2n) is 5.21. The SMILES string of the molecule is COc1ccc(NC(=O)CSCCO)cc1S(=O)(=O)N1CCOCC1. The zero-order chi connectivity index (χ0) is 18.3. The molecule has 0 bridgehead atoms. The molecule has 0 aliphatic carbocycles. The van der Waals surface area contributed by atoms with Crippen LogP contribution in [0, 0.1) is 0 Å². The van der Waals surface area contributed by atoms with Crippen molar-refractivity contribution >= 4 is 33.4 Å². The lowest BCUT2D eigenvalue weighted by atomic mass is 10.3. The summed E-state index contributed by atoms with van der Waals surface area (Å²) in [6.07, 6.45) is 0. The smallest absolute Gasteiger partial charge is 0.246 e. The molecule has 1 saturated heterocycles. The molecule has 1 aromatic rings. The van der Waals surface area contributed by atoms with Gasteiger partial charge in [-0.15, -0.1) is 11.8 Å². The summed E-state index contributed by atoms with van der Waals surface area (Å²) in [6, 6.07) is 4.51. The monoisotopic (exact) mass is 390 g/mol. The number of methoxy groups -OCH3 is 1. The van der Waals surface area contributed by atoms with Gasteiger partial charge in [0, 0.05) is 24.5 Å². The number of nitrogens with one attached hydrogen (secondary N) is 1. The average Bonchev–Trinajstić information content (AvgIpc) is 2.62. The van der Waals surface area contributed by atoms with Crippen LogP contribution < -0.4 is 10.1 Å². The van der Waals surface area contributed by atoms with Crippen LogP contribution in [0.3, 0.4) is 0 Å². The molecular weight excluding hydrogens is 368 g/mol. The summed E-state index contributed by atoms with van der Waals surface area (Å²) < 4.78 is 37.4. The van der Waals surface area contributed by atoms with Crippen LogP contribution >= 0.6 is 11.8 Å². The third kappa shape index (κ3) is 5.32.